The zero-order valence-electron chi connectivity index (χ0n) is 12.6. The molecule has 0 saturated heterocycles. The van der Waals surface area contributed by atoms with Gasteiger partial charge in [-0.2, -0.15) is 0 Å². The molecular formula is C17H19N3OS. The molecule has 2 aromatic rings. The average Bonchev–Trinajstić information content (AvgIpc) is 2.99. The number of hydrogen-bond donors (Lipinski definition) is 1. The molecule has 0 spiro atoms. The highest BCUT2D eigenvalue weighted by Crippen LogP contribution is 2.25. The predicted octanol–water partition coefficient (Wildman–Crippen LogP) is 3.39. The van der Waals surface area contributed by atoms with Gasteiger partial charge in [-0.05, 0) is 38.3 Å². The molecule has 4 nitrogen and oxygen atoms in total. The number of benzene rings is 1. The number of rotatable bonds is 5. The van der Waals surface area contributed by atoms with Crippen molar-refractivity contribution < 1.29 is 4.79 Å². The second kappa shape index (κ2) is 6.92. The molecule has 1 aliphatic rings. The van der Waals surface area contributed by atoms with Crippen LogP contribution in [0, 0.1) is 6.92 Å². The van der Waals surface area contributed by atoms with E-state index < -0.39 is 0 Å². The fourth-order valence-electron chi connectivity index (χ4n) is 2.56. The number of carbonyl (C=O) groups is 1. The van der Waals surface area contributed by atoms with Crippen molar-refractivity contribution in [1.29, 1.82) is 0 Å². The number of nitrogens with zero attached hydrogens (tertiary/aromatic N) is 2. The number of nitrogens with one attached hydrogen (secondary N) is 1. The number of carbonyl (C=O) groups excluding carboxylic acids is 1. The minimum absolute atomic E-state index is 0.0208. The fraction of sp³-hybridized carbons (Fsp3) is 0.353. The van der Waals surface area contributed by atoms with E-state index in [1.807, 2.05) is 0 Å². The van der Waals surface area contributed by atoms with Gasteiger partial charge in [0.15, 0.2) is 0 Å². The molecule has 22 heavy (non-hydrogen) atoms. The summed E-state index contributed by atoms with van der Waals surface area (Å²) >= 11 is 1.70. The van der Waals surface area contributed by atoms with Crippen LogP contribution in [0.2, 0.25) is 0 Å². The molecule has 0 aliphatic heterocycles. The van der Waals surface area contributed by atoms with Crippen LogP contribution in [0.1, 0.15) is 29.7 Å². The van der Waals surface area contributed by atoms with Crippen LogP contribution in [0.5, 0.6) is 0 Å². The normalized spacial score (nSPS) is 13.0. The van der Waals surface area contributed by atoms with E-state index in [1.54, 1.807) is 18.1 Å². The van der Waals surface area contributed by atoms with E-state index in [2.05, 4.69) is 46.5 Å². The number of aryl methyl sites for hydroxylation is 2. The minimum atomic E-state index is 0.0208. The lowest BCUT2D eigenvalue weighted by Crippen LogP contribution is -2.15. The van der Waals surface area contributed by atoms with Crippen LogP contribution in [0.3, 0.4) is 0 Å². The first-order valence-electron chi connectivity index (χ1n) is 7.54. The molecule has 0 radical (unpaired) electrons. The first-order chi connectivity index (χ1) is 10.7. The van der Waals surface area contributed by atoms with Gasteiger partial charge in [0.2, 0.25) is 5.91 Å². The summed E-state index contributed by atoms with van der Waals surface area (Å²) in [7, 11) is 0. The highest BCUT2D eigenvalue weighted by Gasteiger charge is 2.18. The Balaban J connectivity index is 1.51. The van der Waals surface area contributed by atoms with Crippen LogP contribution in [0.15, 0.2) is 35.5 Å². The lowest BCUT2D eigenvalue weighted by molar-refractivity contribution is -0.115. The van der Waals surface area contributed by atoms with Gasteiger partial charge in [-0.1, -0.05) is 17.7 Å². The summed E-state index contributed by atoms with van der Waals surface area (Å²) in [6.07, 6.45) is 5.08. The van der Waals surface area contributed by atoms with Crippen molar-refractivity contribution in [1.82, 2.24) is 9.97 Å². The smallest absolute Gasteiger partial charge is 0.226 e. The molecule has 1 aliphatic carbocycles. The third kappa shape index (κ3) is 3.65. The number of fused-ring (bicyclic) bond motifs is 1. The molecule has 3 rings (SSSR count). The molecule has 114 valence electrons. The zero-order chi connectivity index (χ0) is 15.4. The van der Waals surface area contributed by atoms with Gasteiger partial charge in [-0.3, -0.25) is 4.79 Å². The van der Waals surface area contributed by atoms with Gasteiger partial charge in [-0.25, -0.2) is 9.97 Å². The second-order valence-corrected chi connectivity index (χ2v) is 6.63. The Morgan fingerprint density at radius 3 is 2.86 bits per heavy atom. The van der Waals surface area contributed by atoms with Gasteiger partial charge >= 0.3 is 0 Å². The van der Waals surface area contributed by atoms with E-state index in [-0.39, 0.29) is 5.91 Å². The average molecular weight is 313 g/mol. The molecule has 0 bridgehead atoms. The van der Waals surface area contributed by atoms with Crippen molar-refractivity contribution in [3.8, 4) is 0 Å². The van der Waals surface area contributed by atoms with Crippen LogP contribution >= 0.6 is 11.8 Å². The lowest BCUT2D eigenvalue weighted by atomic mass is 10.2. The molecule has 0 atom stereocenters. The van der Waals surface area contributed by atoms with Crippen molar-refractivity contribution in [3.63, 3.8) is 0 Å². The molecule has 1 aromatic heterocycles. The standard InChI is InChI=1S/C17H19N3OS/c1-12-5-7-13(8-6-12)22-10-9-16(21)20-17-14-3-2-4-15(14)18-11-19-17/h5-8,11H,2-4,9-10H2,1H3,(H,18,19,20,21). The Morgan fingerprint density at radius 1 is 1.23 bits per heavy atom. The Kier molecular flexibility index (Phi) is 4.73. The highest BCUT2D eigenvalue weighted by atomic mass is 32.2. The summed E-state index contributed by atoms with van der Waals surface area (Å²) in [4.78, 5) is 21.8. The third-order valence-electron chi connectivity index (χ3n) is 3.75. The third-order valence-corrected chi connectivity index (χ3v) is 4.77. The first kappa shape index (κ1) is 15.0. The Hall–Kier alpha value is -1.88. The van der Waals surface area contributed by atoms with E-state index in [0.29, 0.717) is 12.2 Å². The largest absolute Gasteiger partial charge is 0.310 e. The maximum atomic E-state index is 12.1. The van der Waals surface area contributed by atoms with Crippen LogP contribution in [0.25, 0.3) is 0 Å². The van der Waals surface area contributed by atoms with Crippen molar-refractivity contribution in [2.45, 2.75) is 37.5 Å². The number of aromatic nitrogens is 2. The van der Waals surface area contributed by atoms with Gasteiger partial charge in [-0.15, -0.1) is 11.8 Å². The molecule has 1 heterocycles. The minimum Gasteiger partial charge on any atom is -0.310 e. The van der Waals surface area contributed by atoms with E-state index >= 15 is 0 Å². The van der Waals surface area contributed by atoms with E-state index in [9.17, 15) is 4.79 Å². The quantitative estimate of drug-likeness (QED) is 0.860. The Morgan fingerprint density at radius 2 is 2.05 bits per heavy atom. The Bertz CT molecular complexity index is 670. The topological polar surface area (TPSA) is 54.9 Å². The van der Waals surface area contributed by atoms with Gasteiger partial charge < -0.3 is 5.32 Å². The van der Waals surface area contributed by atoms with E-state index in [4.69, 9.17) is 0 Å². The van der Waals surface area contributed by atoms with Crippen molar-refractivity contribution in [2.75, 3.05) is 11.1 Å². The van der Waals surface area contributed by atoms with Gasteiger partial charge in [0.25, 0.3) is 0 Å². The molecule has 0 fully saturated rings. The van der Waals surface area contributed by atoms with Gasteiger partial charge in [0, 0.05) is 28.3 Å². The Labute approximate surface area is 134 Å². The maximum absolute atomic E-state index is 12.1. The van der Waals surface area contributed by atoms with Gasteiger partial charge in [0.05, 0.1) is 0 Å². The molecule has 5 heteroatoms. The first-order valence-corrected chi connectivity index (χ1v) is 8.53. The predicted molar refractivity (Wildman–Crippen MR) is 89.2 cm³/mol. The van der Waals surface area contributed by atoms with Crippen molar-refractivity contribution in [3.05, 3.63) is 47.4 Å². The highest BCUT2D eigenvalue weighted by molar-refractivity contribution is 7.99. The monoisotopic (exact) mass is 313 g/mol. The lowest BCUT2D eigenvalue weighted by Gasteiger charge is -2.08. The van der Waals surface area contributed by atoms with Crippen LogP contribution < -0.4 is 5.32 Å². The molecular weight excluding hydrogens is 294 g/mol. The zero-order valence-corrected chi connectivity index (χ0v) is 13.4. The van der Waals surface area contributed by atoms with Crippen LogP contribution in [0.4, 0.5) is 5.82 Å². The second-order valence-electron chi connectivity index (χ2n) is 5.46. The van der Waals surface area contributed by atoms with Gasteiger partial charge in [0.1, 0.15) is 12.1 Å². The molecule has 1 aromatic carbocycles. The SMILES string of the molecule is Cc1ccc(SCCC(=O)Nc2ncnc3c2CCC3)cc1. The number of thioether (sulfide) groups is 1. The number of anilines is 1. The number of hydrogen-bond acceptors (Lipinski definition) is 4. The summed E-state index contributed by atoms with van der Waals surface area (Å²) in [5.41, 5.74) is 3.45. The summed E-state index contributed by atoms with van der Waals surface area (Å²) in [5, 5.41) is 2.93. The molecule has 1 N–H and O–H groups in total. The van der Waals surface area contributed by atoms with E-state index in [0.717, 1.165) is 36.3 Å². The number of amides is 1. The van der Waals surface area contributed by atoms with E-state index in [1.165, 1.54) is 10.5 Å². The summed E-state index contributed by atoms with van der Waals surface area (Å²) in [5.74, 6) is 1.49. The summed E-state index contributed by atoms with van der Waals surface area (Å²) < 4.78 is 0. The fourth-order valence-corrected chi connectivity index (χ4v) is 3.41. The van der Waals surface area contributed by atoms with Crippen LogP contribution in [-0.4, -0.2) is 21.6 Å². The molecule has 0 saturated carbocycles. The summed E-state index contributed by atoms with van der Waals surface area (Å²) in [6.45, 7) is 2.07. The maximum Gasteiger partial charge on any atom is 0.226 e. The summed E-state index contributed by atoms with van der Waals surface area (Å²) in [6, 6.07) is 8.36. The van der Waals surface area contributed by atoms with Crippen LogP contribution in [-0.2, 0) is 17.6 Å². The van der Waals surface area contributed by atoms with Crippen molar-refractivity contribution >= 4 is 23.5 Å². The molecule has 1 amide bonds. The molecule has 0 unspecified atom stereocenters. The van der Waals surface area contributed by atoms with Crippen molar-refractivity contribution in [2.24, 2.45) is 0 Å².